The maximum atomic E-state index is 11.0. The molecule has 1 saturated heterocycles. The predicted octanol–water partition coefficient (Wildman–Crippen LogP) is -0.312. The van der Waals surface area contributed by atoms with Crippen LogP contribution in [0.25, 0.3) is 0 Å². The summed E-state index contributed by atoms with van der Waals surface area (Å²) < 4.78 is 0. The number of amides is 1. The molecule has 4 N–H and O–H groups in total. The quantitative estimate of drug-likeness (QED) is 0.331. The van der Waals surface area contributed by atoms with Crippen molar-refractivity contribution in [1.29, 1.82) is 0 Å². The summed E-state index contributed by atoms with van der Waals surface area (Å²) in [7, 11) is 2.00. The van der Waals surface area contributed by atoms with Gasteiger partial charge in [-0.25, -0.2) is 5.84 Å². The molecule has 5 heteroatoms. The Morgan fingerprint density at radius 1 is 1.56 bits per heavy atom. The van der Waals surface area contributed by atoms with Gasteiger partial charge in [-0.05, 0) is 51.9 Å². The zero-order valence-electron chi connectivity index (χ0n) is 10.2. The number of piperidine rings is 1. The Hall–Kier alpha value is -0.650. The summed E-state index contributed by atoms with van der Waals surface area (Å²) >= 11 is 0. The smallest absolute Gasteiger partial charge is 0.233 e. The van der Waals surface area contributed by atoms with Gasteiger partial charge in [-0.3, -0.25) is 10.2 Å². The molecule has 1 fully saturated rings. The van der Waals surface area contributed by atoms with Crippen molar-refractivity contribution < 1.29 is 4.79 Å². The lowest BCUT2D eigenvalue weighted by molar-refractivity contribution is -0.121. The highest BCUT2D eigenvalue weighted by Gasteiger charge is 2.18. The number of rotatable bonds is 6. The van der Waals surface area contributed by atoms with Crippen molar-refractivity contribution in [2.45, 2.75) is 25.7 Å². The first kappa shape index (κ1) is 13.4. The first-order valence-corrected chi connectivity index (χ1v) is 6.12. The van der Waals surface area contributed by atoms with Gasteiger partial charge in [0, 0.05) is 13.0 Å². The second-order valence-corrected chi connectivity index (χ2v) is 4.54. The van der Waals surface area contributed by atoms with Crippen LogP contribution in [0, 0.1) is 5.92 Å². The molecule has 0 saturated carbocycles. The fourth-order valence-corrected chi connectivity index (χ4v) is 2.35. The number of carbonyl (C=O) groups is 1. The van der Waals surface area contributed by atoms with Crippen LogP contribution in [-0.4, -0.2) is 44.0 Å². The van der Waals surface area contributed by atoms with Crippen LogP contribution in [0.5, 0.6) is 0 Å². The second kappa shape index (κ2) is 7.60. The van der Waals surface area contributed by atoms with Crippen LogP contribution in [0.2, 0.25) is 0 Å². The van der Waals surface area contributed by atoms with E-state index in [-0.39, 0.29) is 5.91 Å². The van der Waals surface area contributed by atoms with E-state index in [1.54, 1.807) is 0 Å². The van der Waals surface area contributed by atoms with Crippen LogP contribution >= 0.6 is 0 Å². The molecule has 94 valence electrons. The minimum absolute atomic E-state index is 0.0659. The molecule has 0 bridgehead atoms. The molecule has 1 atom stereocenters. The molecule has 1 rings (SSSR count). The first-order chi connectivity index (χ1) is 7.76. The van der Waals surface area contributed by atoms with Crippen molar-refractivity contribution in [2.75, 3.05) is 33.2 Å². The predicted molar refractivity (Wildman–Crippen MR) is 64.7 cm³/mol. The van der Waals surface area contributed by atoms with Gasteiger partial charge in [-0.2, -0.15) is 0 Å². The fraction of sp³-hybridized carbons (Fsp3) is 0.909. The van der Waals surface area contributed by atoms with Gasteiger partial charge in [0.25, 0.3) is 0 Å². The van der Waals surface area contributed by atoms with Crippen molar-refractivity contribution in [2.24, 2.45) is 11.8 Å². The summed E-state index contributed by atoms with van der Waals surface area (Å²) in [6.07, 6.45) is 4.02. The zero-order valence-corrected chi connectivity index (χ0v) is 10.2. The van der Waals surface area contributed by atoms with E-state index in [2.05, 4.69) is 15.6 Å². The number of nitrogens with two attached hydrogens (primary N) is 1. The van der Waals surface area contributed by atoms with Gasteiger partial charge in [0.2, 0.25) is 5.91 Å². The number of carbonyl (C=O) groups excluding carboxylic acids is 1. The largest absolute Gasteiger partial charge is 0.319 e. The standard InChI is InChI=1S/C11H24N4O/c1-13-8-10-4-2-6-15(9-10)7-3-5-11(16)14-12/h10,13H,2-9,12H2,1H3,(H,14,16). The summed E-state index contributed by atoms with van der Waals surface area (Å²) in [5.41, 5.74) is 2.16. The van der Waals surface area contributed by atoms with Gasteiger partial charge in [-0.1, -0.05) is 0 Å². The van der Waals surface area contributed by atoms with Crippen LogP contribution in [0.4, 0.5) is 0 Å². The van der Waals surface area contributed by atoms with Crippen molar-refractivity contribution in [3.05, 3.63) is 0 Å². The third-order valence-corrected chi connectivity index (χ3v) is 3.14. The Kier molecular flexibility index (Phi) is 6.37. The Morgan fingerprint density at radius 3 is 3.06 bits per heavy atom. The molecule has 1 aliphatic heterocycles. The van der Waals surface area contributed by atoms with E-state index < -0.39 is 0 Å². The molecule has 0 aromatic carbocycles. The van der Waals surface area contributed by atoms with Gasteiger partial charge in [0.1, 0.15) is 0 Å². The zero-order chi connectivity index (χ0) is 11.8. The van der Waals surface area contributed by atoms with E-state index in [0.29, 0.717) is 6.42 Å². The molecular formula is C11H24N4O. The minimum atomic E-state index is -0.0659. The number of nitrogens with zero attached hydrogens (tertiary/aromatic N) is 1. The van der Waals surface area contributed by atoms with Gasteiger partial charge in [0.15, 0.2) is 0 Å². The number of hydrogen-bond acceptors (Lipinski definition) is 4. The highest BCUT2D eigenvalue weighted by atomic mass is 16.2. The van der Waals surface area contributed by atoms with Crippen molar-refractivity contribution in [3.63, 3.8) is 0 Å². The Balaban J connectivity index is 2.14. The molecule has 1 amide bonds. The molecule has 1 aliphatic rings. The van der Waals surface area contributed by atoms with E-state index in [0.717, 1.165) is 32.0 Å². The average Bonchev–Trinajstić information content (AvgIpc) is 2.30. The molecule has 5 nitrogen and oxygen atoms in total. The molecule has 0 aromatic rings. The maximum Gasteiger partial charge on any atom is 0.233 e. The van der Waals surface area contributed by atoms with Crippen LogP contribution in [0.3, 0.4) is 0 Å². The molecule has 0 aliphatic carbocycles. The SMILES string of the molecule is CNCC1CCCN(CCCC(=O)NN)C1. The van der Waals surface area contributed by atoms with E-state index in [1.165, 1.54) is 19.4 Å². The maximum absolute atomic E-state index is 11.0. The topological polar surface area (TPSA) is 70.4 Å². The van der Waals surface area contributed by atoms with E-state index in [1.807, 2.05) is 7.05 Å². The van der Waals surface area contributed by atoms with Crippen molar-refractivity contribution >= 4 is 5.91 Å². The minimum Gasteiger partial charge on any atom is -0.319 e. The number of nitrogens with one attached hydrogen (secondary N) is 2. The normalized spacial score (nSPS) is 22.0. The van der Waals surface area contributed by atoms with Crippen LogP contribution < -0.4 is 16.6 Å². The summed E-state index contributed by atoms with van der Waals surface area (Å²) in [6.45, 7) is 4.43. The van der Waals surface area contributed by atoms with Crippen molar-refractivity contribution in [3.8, 4) is 0 Å². The number of hydrogen-bond donors (Lipinski definition) is 3. The highest BCUT2D eigenvalue weighted by Crippen LogP contribution is 2.15. The lowest BCUT2D eigenvalue weighted by Crippen LogP contribution is -2.40. The van der Waals surface area contributed by atoms with Gasteiger partial charge < -0.3 is 10.2 Å². The Bertz CT molecular complexity index is 208. The lowest BCUT2D eigenvalue weighted by Gasteiger charge is -2.32. The van der Waals surface area contributed by atoms with Crippen LogP contribution in [0.1, 0.15) is 25.7 Å². The summed E-state index contributed by atoms with van der Waals surface area (Å²) in [5, 5.41) is 3.23. The van der Waals surface area contributed by atoms with E-state index >= 15 is 0 Å². The first-order valence-electron chi connectivity index (χ1n) is 6.12. The van der Waals surface area contributed by atoms with Gasteiger partial charge >= 0.3 is 0 Å². The molecule has 0 radical (unpaired) electrons. The van der Waals surface area contributed by atoms with Gasteiger partial charge in [-0.15, -0.1) is 0 Å². The molecular weight excluding hydrogens is 204 g/mol. The Morgan fingerprint density at radius 2 is 2.38 bits per heavy atom. The molecule has 16 heavy (non-hydrogen) atoms. The third-order valence-electron chi connectivity index (χ3n) is 3.14. The molecule has 1 unspecified atom stereocenters. The molecule has 0 aromatic heterocycles. The van der Waals surface area contributed by atoms with Crippen LogP contribution in [-0.2, 0) is 4.79 Å². The average molecular weight is 228 g/mol. The van der Waals surface area contributed by atoms with Gasteiger partial charge in [0.05, 0.1) is 0 Å². The fourth-order valence-electron chi connectivity index (χ4n) is 2.35. The Labute approximate surface area is 97.7 Å². The molecule has 0 spiro atoms. The monoisotopic (exact) mass is 228 g/mol. The third kappa shape index (κ3) is 4.92. The molecule has 1 heterocycles. The number of likely N-dealkylation sites (tertiary alicyclic amines) is 1. The van der Waals surface area contributed by atoms with Crippen molar-refractivity contribution in [1.82, 2.24) is 15.6 Å². The summed E-state index contributed by atoms with van der Waals surface area (Å²) in [6, 6.07) is 0. The van der Waals surface area contributed by atoms with Crippen LogP contribution in [0.15, 0.2) is 0 Å². The van der Waals surface area contributed by atoms with E-state index in [9.17, 15) is 4.79 Å². The highest BCUT2D eigenvalue weighted by molar-refractivity contribution is 5.75. The lowest BCUT2D eigenvalue weighted by atomic mass is 9.98. The van der Waals surface area contributed by atoms with E-state index in [4.69, 9.17) is 5.84 Å². The number of hydrazine groups is 1. The summed E-state index contributed by atoms with van der Waals surface area (Å²) in [5.74, 6) is 5.73. The summed E-state index contributed by atoms with van der Waals surface area (Å²) in [4.78, 5) is 13.4. The second-order valence-electron chi connectivity index (χ2n) is 4.54.